The summed E-state index contributed by atoms with van der Waals surface area (Å²) in [6.45, 7) is 0. The van der Waals surface area contributed by atoms with E-state index in [9.17, 15) is 20.4 Å². The number of hydrogen-bond acceptors (Lipinski definition) is 5. The summed E-state index contributed by atoms with van der Waals surface area (Å²) in [6, 6.07) is 26.3. The first kappa shape index (κ1) is 19.6. The van der Waals surface area contributed by atoms with Crippen LogP contribution in [-0.4, -0.2) is 23.0 Å². The maximum atomic E-state index is 13.9. The highest BCUT2D eigenvalue weighted by atomic mass is 16.3. The van der Waals surface area contributed by atoms with Gasteiger partial charge in [-0.05, 0) is 29.3 Å². The Morgan fingerprint density at radius 3 is 2.25 bits per heavy atom. The molecule has 0 bridgehead atoms. The van der Waals surface area contributed by atoms with Crippen molar-refractivity contribution in [2.24, 2.45) is 5.41 Å². The Bertz CT molecular complexity index is 1290. The highest BCUT2D eigenvalue weighted by molar-refractivity contribution is 6.04. The number of hydrogen-bond donors (Lipinski definition) is 1. The van der Waals surface area contributed by atoms with E-state index in [-0.39, 0.29) is 11.5 Å². The van der Waals surface area contributed by atoms with Gasteiger partial charge in [-0.15, -0.1) is 0 Å². The number of ketones is 1. The number of phenolic OH excluding ortho intramolecular Hbond substituents is 1. The molecule has 2 heterocycles. The summed E-state index contributed by atoms with van der Waals surface area (Å²) in [4.78, 5) is 15.9. The molecule has 1 saturated heterocycles. The molecule has 5 rings (SSSR count). The number of nitrogens with zero attached hydrogens (tertiary/aromatic N) is 3. The van der Waals surface area contributed by atoms with E-state index >= 15 is 0 Å². The van der Waals surface area contributed by atoms with Crippen molar-refractivity contribution >= 4 is 17.5 Å². The minimum atomic E-state index is -1.49. The molecule has 0 unspecified atom stereocenters. The molecule has 2 aliphatic heterocycles. The molecule has 32 heavy (non-hydrogen) atoms. The molecular formula is C27H19N3O2. The molecule has 3 aromatic rings. The quantitative estimate of drug-likeness (QED) is 0.626. The summed E-state index contributed by atoms with van der Waals surface area (Å²) in [6.07, 6.45) is 3.78. The fourth-order valence-corrected chi connectivity index (χ4v) is 5.06. The molecule has 0 amide bonds. The Hall–Kier alpha value is -4.35. The van der Waals surface area contributed by atoms with Gasteiger partial charge in [0.15, 0.2) is 11.2 Å². The molecule has 2 aliphatic rings. The van der Waals surface area contributed by atoms with Crippen molar-refractivity contribution in [1.82, 2.24) is 0 Å². The van der Waals surface area contributed by atoms with E-state index in [1.807, 2.05) is 47.4 Å². The fraction of sp³-hybridized carbons (Fsp3) is 0.148. The summed E-state index contributed by atoms with van der Waals surface area (Å²) < 4.78 is 0. The fourth-order valence-electron chi connectivity index (χ4n) is 5.06. The SMILES string of the molecule is N#CC1(C#N)[C@H](c2ccc(O)cc2)[C@H](C(=O)c2ccccc2)N2c3ccccc3C=C[C@H]21. The number of rotatable bonds is 3. The maximum Gasteiger partial charge on any atom is 0.185 e. The Morgan fingerprint density at radius 2 is 1.56 bits per heavy atom. The molecular weight excluding hydrogens is 398 g/mol. The number of benzene rings is 3. The lowest BCUT2D eigenvalue weighted by atomic mass is 9.69. The van der Waals surface area contributed by atoms with Crippen molar-refractivity contribution in [3.63, 3.8) is 0 Å². The third kappa shape index (κ3) is 2.72. The van der Waals surface area contributed by atoms with Crippen molar-refractivity contribution in [1.29, 1.82) is 10.5 Å². The first-order valence-electron chi connectivity index (χ1n) is 10.4. The highest BCUT2D eigenvalue weighted by Crippen LogP contribution is 2.55. The smallest absolute Gasteiger partial charge is 0.185 e. The zero-order valence-corrected chi connectivity index (χ0v) is 17.1. The van der Waals surface area contributed by atoms with E-state index in [0.717, 1.165) is 11.3 Å². The van der Waals surface area contributed by atoms with Gasteiger partial charge in [0.05, 0.1) is 18.2 Å². The molecule has 5 nitrogen and oxygen atoms in total. The second-order valence-corrected chi connectivity index (χ2v) is 8.11. The summed E-state index contributed by atoms with van der Waals surface area (Å²) in [5.74, 6) is -0.780. The van der Waals surface area contributed by atoms with Gasteiger partial charge in [0.1, 0.15) is 11.8 Å². The molecule has 3 aromatic carbocycles. The Balaban J connectivity index is 1.79. The number of nitriles is 2. The van der Waals surface area contributed by atoms with Gasteiger partial charge in [0.25, 0.3) is 0 Å². The Kier molecular flexibility index (Phi) is 4.54. The van der Waals surface area contributed by atoms with Gasteiger partial charge >= 0.3 is 0 Å². The Morgan fingerprint density at radius 1 is 0.906 bits per heavy atom. The van der Waals surface area contributed by atoms with Crippen molar-refractivity contribution in [3.8, 4) is 17.9 Å². The van der Waals surface area contributed by atoms with Crippen molar-refractivity contribution in [2.45, 2.75) is 18.0 Å². The highest BCUT2D eigenvalue weighted by Gasteiger charge is 2.63. The van der Waals surface area contributed by atoms with Gasteiger partial charge in [0.2, 0.25) is 0 Å². The average molecular weight is 417 g/mol. The molecule has 0 aromatic heterocycles. The first-order valence-corrected chi connectivity index (χ1v) is 10.4. The van der Waals surface area contributed by atoms with Crippen LogP contribution in [0.1, 0.15) is 27.4 Å². The first-order chi connectivity index (χ1) is 15.6. The van der Waals surface area contributed by atoms with Gasteiger partial charge in [-0.2, -0.15) is 10.5 Å². The molecule has 5 heteroatoms. The zero-order chi connectivity index (χ0) is 22.3. The van der Waals surface area contributed by atoms with Gasteiger partial charge in [-0.25, -0.2) is 0 Å². The van der Waals surface area contributed by atoms with Gasteiger partial charge in [0, 0.05) is 17.2 Å². The minimum absolute atomic E-state index is 0.0835. The van der Waals surface area contributed by atoms with Crippen LogP contribution in [0.5, 0.6) is 5.75 Å². The molecule has 154 valence electrons. The lowest BCUT2D eigenvalue weighted by Crippen LogP contribution is -2.44. The molecule has 0 aliphatic carbocycles. The topological polar surface area (TPSA) is 88.1 Å². The van der Waals surface area contributed by atoms with E-state index in [2.05, 4.69) is 12.1 Å². The maximum absolute atomic E-state index is 13.9. The zero-order valence-electron chi connectivity index (χ0n) is 17.1. The van der Waals surface area contributed by atoms with E-state index in [1.165, 1.54) is 12.1 Å². The number of phenols is 1. The molecule has 0 radical (unpaired) electrons. The van der Waals surface area contributed by atoms with Gasteiger partial charge in [-0.1, -0.05) is 72.8 Å². The number of para-hydroxylation sites is 1. The lowest BCUT2D eigenvalue weighted by molar-refractivity contribution is 0.0951. The molecule has 0 saturated carbocycles. The Labute approximate surface area is 186 Å². The van der Waals surface area contributed by atoms with Crippen LogP contribution >= 0.6 is 0 Å². The summed E-state index contributed by atoms with van der Waals surface area (Å²) in [7, 11) is 0. The van der Waals surface area contributed by atoms with Crippen LogP contribution in [0.4, 0.5) is 5.69 Å². The largest absolute Gasteiger partial charge is 0.508 e. The lowest BCUT2D eigenvalue weighted by Gasteiger charge is -2.35. The number of anilines is 1. The number of aromatic hydroxyl groups is 1. The summed E-state index contributed by atoms with van der Waals surface area (Å²) in [5.41, 5.74) is 1.46. The average Bonchev–Trinajstić information content (AvgIpc) is 3.15. The van der Waals surface area contributed by atoms with Crippen molar-refractivity contribution in [3.05, 3.63) is 102 Å². The number of carbonyl (C=O) groups excluding carboxylic acids is 1. The third-order valence-electron chi connectivity index (χ3n) is 6.49. The van der Waals surface area contributed by atoms with E-state index < -0.39 is 23.4 Å². The second-order valence-electron chi connectivity index (χ2n) is 8.11. The number of Topliss-reactive ketones (excluding diaryl/α,β-unsaturated/α-hetero) is 1. The summed E-state index contributed by atoms with van der Waals surface area (Å²) in [5, 5.41) is 30.5. The second kappa shape index (κ2) is 7.41. The van der Waals surface area contributed by atoms with Gasteiger partial charge < -0.3 is 10.0 Å². The van der Waals surface area contributed by atoms with Crippen LogP contribution in [0, 0.1) is 28.1 Å². The minimum Gasteiger partial charge on any atom is -0.508 e. The van der Waals surface area contributed by atoms with Crippen LogP contribution in [-0.2, 0) is 0 Å². The van der Waals surface area contributed by atoms with Crippen molar-refractivity contribution in [2.75, 3.05) is 4.90 Å². The standard InChI is InChI=1S/C27H19N3O2/c28-16-27(17-29)23-15-12-18-6-4-5-9-22(18)30(23)25(26(32)20-7-2-1-3-8-20)24(27)19-10-13-21(31)14-11-19/h1-15,23-25,31H/t23-,24+,25+/m0/s1. The van der Waals surface area contributed by atoms with Gasteiger partial charge in [-0.3, -0.25) is 4.79 Å². The molecule has 1 fully saturated rings. The number of fused-ring (bicyclic) bond motifs is 3. The van der Waals surface area contributed by atoms with Crippen molar-refractivity contribution < 1.29 is 9.90 Å². The molecule has 3 atom stereocenters. The van der Waals surface area contributed by atoms with Crippen LogP contribution in [0.2, 0.25) is 0 Å². The third-order valence-corrected chi connectivity index (χ3v) is 6.49. The predicted octanol–water partition coefficient (Wildman–Crippen LogP) is 4.68. The monoisotopic (exact) mass is 417 g/mol. The number of carbonyl (C=O) groups is 1. The van der Waals surface area contributed by atoms with Crippen LogP contribution in [0.3, 0.4) is 0 Å². The molecule has 1 N–H and O–H groups in total. The van der Waals surface area contributed by atoms with E-state index in [4.69, 9.17) is 0 Å². The van der Waals surface area contributed by atoms with E-state index in [1.54, 1.807) is 36.4 Å². The van der Waals surface area contributed by atoms with E-state index in [0.29, 0.717) is 11.1 Å². The molecule has 0 spiro atoms. The van der Waals surface area contributed by atoms with Crippen LogP contribution < -0.4 is 4.90 Å². The van der Waals surface area contributed by atoms with Crippen LogP contribution in [0.25, 0.3) is 6.08 Å². The predicted molar refractivity (Wildman–Crippen MR) is 121 cm³/mol. The normalized spacial score (nSPS) is 22.3. The summed E-state index contributed by atoms with van der Waals surface area (Å²) >= 11 is 0. The van der Waals surface area contributed by atoms with Crippen LogP contribution in [0.15, 0.2) is 84.9 Å².